The molecule has 0 aromatic heterocycles. The van der Waals surface area contributed by atoms with E-state index in [1.165, 1.54) is 16.8 Å². The fraction of sp³-hybridized carbons (Fsp3) is 0.0952. The normalized spacial score (nSPS) is 13.0. The van der Waals surface area contributed by atoms with Crippen molar-refractivity contribution >= 4 is 28.1 Å². The van der Waals surface area contributed by atoms with E-state index in [0.29, 0.717) is 6.73 Å². The highest BCUT2D eigenvalue weighted by atomic mass is 16.5. The zero-order valence-electron chi connectivity index (χ0n) is 13.7. The molecule has 1 heterocycles. The number of benzene rings is 3. The predicted octanol–water partition coefficient (Wildman–Crippen LogP) is 4.32. The maximum atomic E-state index is 11.5. The van der Waals surface area contributed by atoms with Crippen molar-refractivity contribution < 1.29 is 9.53 Å². The van der Waals surface area contributed by atoms with Crippen LogP contribution in [0.15, 0.2) is 73.3 Å². The summed E-state index contributed by atoms with van der Waals surface area (Å²) in [6.07, 6.45) is 1.26. The van der Waals surface area contributed by atoms with Gasteiger partial charge in [-0.1, -0.05) is 43.0 Å². The topological polar surface area (TPSA) is 41.6 Å². The number of ether oxygens (including phenoxy) is 1. The van der Waals surface area contributed by atoms with Crippen molar-refractivity contribution in [2.45, 2.75) is 6.54 Å². The second-order valence-electron chi connectivity index (χ2n) is 5.99. The van der Waals surface area contributed by atoms with E-state index in [1.807, 2.05) is 30.3 Å². The van der Waals surface area contributed by atoms with Crippen LogP contribution in [-0.2, 0) is 11.3 Å². The summed E-state index contributed by atoms with van der Waals surface area (Å²) in [7, 11) is 0. The van der Waals surface area contributed by atoms with Crippen LogP contribution in [0.5, 0.6) is 5.75 Å². The van der Waals surface area contributed by atoms with Crippen LogP contribution in [0.3, 0.4) is 0 Å². The van der Waals surface area contributed by atoms with Gasteiger partial charge in [-0.3, -0.25) is 4.79 Å². The molecule has 0 spiro atoms. The molecule has 1 aliphatic rings. The molecule has 0 atom stereocenters. The number of anilines is 2. The maximum absolute atomic E-state index is 11.5. The lowest BCUT2D eigenvalue weighted by Crippen LogP contribution is -2.32. The highest BCUT2D eigenvalue weighted by molar-refractivity contribution is 5.99. The second kappa shape index (κ2) is 6.32. The Hall–Kier alpha value is -3.27. The molecular formula is C21H18N2O2. The maximum Gasteiger partial charge on any atom is 0.247 e. The fourth-order valence-corrected chi connectivity index (χ4v) is 3.15. The van der Waals surface area contributed by atoms with Crippen molar-refractivity contribution in [2.75, 3.05) is 16.9 Å². The number of amides is 1. The SMILES string of the molecule is C=CC(=O)Nc1ccc2c(c1)CN(c1cccc3ccccc13)CO2. The van der Waals surface area contributed by atoms with Crippen LogP contribution in [0.2, 0.25) is 0 Å². The number of carbonyl (C=O) groups is 1. The average Bonchev–Trinajstić information content (AvgIpc) is 2.67. The Bertz CT molecular complexity index is 960. The van der Waals surface area contributed by atoms with E-state index in [-0.39, 0.29) is 5.91 Å². The van der Waals surface area contributed by atoms with Crippen LogP contribution < -0.4 is 15.0 Å². The lowest BCUT2D eigenvalue weighted by atomic mass is 10.1. The summed E-state index contributed by atoms with van der Waals surface area (Å²) in [4.78, 5) is 13.7. The van der Waals surface area contributed by atoms with E-state index in [1.54, 1.807) is 0 Å². The molecule has 1 amide bonds. The minimum absolute atomic E-state index is 0.220. The average molecular weight is 330 g/mol. The van der Waals surface area contributed by atoms with E-state index in [9.17, 15) is 4.79 Å². The number of carbonyl (C=O) groups excluding carboxylic acids is 1. The molecule has 4 nitrogen and oxygen atoms in total. The molecule has 4 heteroatoms. The van der Waals surface area contributed by atoms with E-state index in [0.717, 1.165) is 29.2 Å². The molecule has 0 aliphatic carbocycles. The molecule has 1 N–H and O–H groups in total. The first-order valence-electron chi connectivity index (χ1n) is 8.16. The van der Waals surface area contributed by atoms with Crippen LogP contribution in [0.1, 0.15) is 5.56 Å². The van der Waals surface area contributed by atoms with Gasteiger partial charge >= 0.3 is 0 Å². The largest absolute Gasteiger partial charge is 0.473 e. The van der Waals surface area contributed by atoms with Gasteiger partial charge in [0.25, 0.3) is 0 Å². The lowest BCUT2D eigenvalue weighted by molar-refractivity contribution is -0.111. The second-order valence-corrected chi connectivity index (χ2v) is 5.99. The molecule has 25 heavy (non-hydrogen) atoms. The van der Waals surface area contributed by atoms with E-state index in [4.69, 9.17) is 4.74 Å². The van der Waals surface area contributed by atoms with Crippen molar-refractivity contribution in [3.8, 4) is 5.75 Å². The lowest BCUT2D eigenvalue weighted by Gasteiger charge is -2.31. The van der Waals surface area contributed by atoms with Crippen molar-refractivity contribution in [3.63, 3.8) is 0 Å². The molecule has 3 aromatic carbocycles. The van der Waals surface area contributed by atoms with Crippen molar-refractivity contribution in [1.29, 1.82) is 0 Å². The summed E-state index contributed by atoms with van der Waals surface area (Å²) in [6, 6.07) is 20.3. The van der Waals surface area contributed by atoms with Crippen LogP contribution in [0, 0.1) is 0 Å². The first-order chi connectivity index (χ1) is 12.2. The number of hydrogen-bond acceptors (Lipinski definition) is 3. The summed E-state index contributed by atoms with van der Waals surface area (Å²) in [5.41, 5.74) is 2.93. The summed E-state index contributed by atoms with van der Waals surface area (Å²) >= 11 is 0. The first-order valence-corrected chi connectivity index (χ1v) is 8.16. The third-order valence-electron chi connectivity index (χ3n) is 4.36. The van der Waals surface area contributed by atoms with E-state index >= 15 is 0 Å². The molecule has 0 radical (unpaired) electrons. The van der Waals surface area contributed by atoms with Gasteiger partial charge in [0.05, 0.1) is 0 Å². The van der Waals surface area contributed by atoms with Crippen LogP contribution >= 0.6 is 0 Å². The Kier molecular flexibility index (Phi) is 3.86. The predicted molar refractivity (Wildman–Crippen MR) is 101 cm³/mol. The van der Waals surface area contributed by atoms with Gasteiger partial charge in [-0.05, 0) is 35.7 Å². The fourth-order valence-electron chi connectivity index (χ4n) is 3.15. The van der Waals surface area contributed by atoms with Gasteiger partial charge in [0.2, 0.25) is 5.91 Å². The standard InChI is InChI=1S/C21H18N2O2/c1-2-21(24)22-17-10-11-20-16(12-17)13-23(14-25-20)19-9-5-7-15-6-3-4-8-18(15)19/h2-12H,1,13-14H2,(H,22,24). The summed E-state index contributed by atoms with van der Waals surface area (Å²) in [5.74, 6) is 0.635. The van der Waals surface area contributed by atoms with Crippen molar-refractivity contribution in [3.05, 3.63) is 78.9 Å². The quantitative estimate of drug-likeness (QED) is 0.727. The minimum atomic E-state index is -0.220. The Morgan fingerprint density at radius 2 is 1.96 bits per heavy atom. The first kappa shape index (κ1) is 15.3. The van der Waals surface area contributed by atoms with E-state index in [2.05, 4.69) is 47.1 Å². The van der Waals surface area contributed by atoms with Crippen molar-refractivity contribution in [1.82, 2.24) is 0 Å². The zero-order chi connectivity index (χ0) is 17.2. The van der Waals surface area contributed by atoms with Crippen LogP contribution in [0.4, 0.5) is 11.4 Å². The molecular weight excluding hydrogens is 312 g/mol. The number of hydrogen-bond donors (Lipinski definition) is 1. The minimum Gasteiger partial charge on any atom is -0.473 e. The molecule has 3 aromatic rings. The van der Waals surface area contributed by atoms with Gasteiger partial charge < -0.3 is 15.0 Å². The Labute approximate surface area is 146 Å². The third-order valence-corrected chi connectivity index (χ3v) is 4.36. The molecule has 0 bridgehead atoms. The van der Waals surface area contributed by atoms with Crippen LogP contribution in [-0.4, -0.2) is 12.6 Å². The number of nitrogens with one attached hydrogen (secondary N) is 1. The van der Waals surface area contributed by atoms with E-state index < -0.39 is 0 Å². The molecule has 0 fully saturated rings. The Balaban J connectivity index is 1.66. The number of nitrogens with zero attached hydrogens (tertiary/aromatic N) is 1. The van der Waals surface area contributed by atoms with Gasteiger partial charge in [0, 0.05) is 28.9 Å². The third kappa shape index (κ3) is 2.94. The number of fused-ring (bicyclic) bond motifs is 2. The van der Waals surface area contributed by atoms with Gasteiger partial charge in [-0.15, -0.1) is 0 Å². The molecule has 0 saturated heterocycles. The summed E-state index contributed by atoms with van der Waals surface area (Å²) < 4.78 is 5.92. The molecule has 0 saturated carbocycles. The highest BCUT2D eigenvalue weighted by Gasteiger charge is 2.19. The molecule has 4 rings (SSSR count). The van der Waals surface area contributed by atoms with Gasteiger partial charge in [-0.25, -0.2) is 0 Å². The summed E-state index contributed by atoms with van der Waals surface area (Å²) in [5, 5.41) is 5.20. The Morgan fingerprint density at radius 1 is 1.12 bits per heavy atom. The molecule has 124 valence electrons. The number of rotatable bonds is 3. The molecule has 0 unspecified atom stereocenters. The van der Waals surface area contributed by atoms with Crippen LogP contribution in [0.25, 0.3) is 10.8 Å². The van der Waals surface area contributed by atoms with Gasteiger partial charge in [-0.2, -0.15) is 0 Å². The summed E-state index contributed by atoms with van der Waals surface area (Å²) in [6.45, 7) is 4.70. The monoisotopic (exact) mass is 330 g/mol. The van der Waals surface area contributed by atoms with Gasteiger partial charge in [0.1, 0.15) is 5.75 Å². The Morgan fingerprint density at radius 3 is 2.84 bits per heavy atom. The smallest absolute Gasteiger partial charge is 0.247 e. The molecule has 1 aliphatic heterocycles. The van der Waals surface area contributed by atoms with Gasteiger partial charge in [0.15, 0.2) is 6.73 Å². The zero-order valence-corrected chi connectivity index (χ0v) is 13.7. The van der Waals surface area contributed by atoms with Crippen molar-refractivity contribution in [2.24, 2.45) is 0 Å². The highest BCUT2D eigenvalue weighted by Crippen LogP contribution is 2.33.